The Bertz CT molecular complexity index is 940. The second-order valence-electron chi connectivity index (χ2n) is 6.32. The van der Waals surface area contributed by atoms with E-state index in [1.807, 2.05) is 12.3 Å². The molecular weight excluding hydrogens is 376 g/mol. The first-order valence-corrected chi connectivity index (χ1v) is 8.94. The van der Waals surface area contributed by atoms with Crippen molar-refractivity contribution in [1.29, 1.82) is 5.26 Å². The second-order valence-corrected chi connectivity index (χ2v) is 7.13. The summed E-state index contributed by atoms with van der Waals surface area (Å²) in [6, 6.07) is 7.00. The molecule has 0 amide bonds. The van der Waals surface area contributed by atoms with Crippen LogP contribution in [0.5, 0.6) is 0 Å². The van der Waals surface area contributed by atoms with Crippen molar-refractivity contribution in [2.45, 2.75) is 31.3 Å². The van der Waals surface area contributed by atoms with E-state index in [1.165, 1.54) is 6.20 Å². The maximum atomic E-state index is 14.1. The van der Waals surface area contributed by atoms with Crippen LogP contribution in [0.4, 0.5) is 10.1 Å². The fraction of sp³-hybridized carbons (Fsp3) is 0.278. The van der Waals surface area contributed by atoms with Crippen molar-refractivity contribution in [3.63, 3.8) is 0 Å². The number of nitriles is 1. The minimum atomic E-state index is -0.407. The third kappa shape index (κ3) is 2.87. The van der Waals surface area contributed by atoms with Crippen molar-refractivity contribution in [3.8, 4) is 6.19 Å². The van der Waals surface area contributed by atoms with E-state index in [1.54, 1.807) is 18.2 Å². The Morgan fingerprint density at radius 1 is 1.31 bits per heavy atom. The first-order chi connectivity index (χ1) is 12.6. The van der Waals surface area contributed by atoms with Crippen LogP contribution < -0.4 is 5.32 Å². The van der Waals surface area contributed by atoms with Crippen LogP contribution in [0.15, 0.2) is 35.5 Å². The molecule has 26 heavy (non-hydrogen) atoms. The van der Waals surface area contributed by atoms with Gasteiger partial charge in [-0.05, 0) is 49.1 Å². The highest BCUT2D eigenvalue weighted by molar-refractivity contribution is 6.42. The molecule has 1 aromatic carbocycles. The van der Waals surface area contributed by atoms with E-state index in [9.17, 15) is 4.39 Å². The van der Waals surface area contributed by atoms with Gasteiger partial charge in [0.25, 0.3) is 0 Å². The minimum Gasteiger partial charge on any atom is -0.331 e. The lowest BCUT2D eigenvalue weighted by Gasteiger charge is -2.38. The second kappa shape index (κ2) is 6.75. The molecule has 1 saturated heterocycles. The van der Waals surface area contributed by atoms with Crippen molar-refractivity contribution >= 4 is 34.8 Å². The Morgan fingerprint density at radius 3 is 2.92 bits per heavy atom. The van der Waals surface area contributed by atoms with Gasteiger partial charge in [-0.25, -0.2) is 4.98 Å². The number of nitrogens with one attached hydrogen (secondary N) is 1. The van der Waals surface area contributed by atoms with Gasteiger partial charge in [0.2, 0.25) is 18.1 Å². The molecule has 0 radical (unpaired) electrons. The molecule has 8 heteroatoms. The van der Waals surface area contributed by atoms with Crippen LogP contribution in [0.1, 0.15) is 30.0 Å². The number of nitrogens with zero attached hydrogens (tertiary/aromatic N) is 4. The summed E-state index contributed by atoms with van der Waals surface area (Å²) in [5.41, 5.74) is 2.26. The van der Waals surface area contributed by atoms with Crippen LogP contribution >= 0.6 is 23.2 Å². The number of aromatic nitrogens is 1. The molecule has 4 rings (SSSR count). The van der Waals surface area contributed by atoms with Gasteiger partial charge in [-0.15, -0.1) is 4.99 Å². The largest absolute Gasteiger partial charge is 0.331 e. The highest BCUT2D eigenvalue weighted by atomic mass is 35.5. The highest BCUT2D eigenvalue weighted by Gasteiger charge is 2.43. The number of fused-ring (bicyclic) bond motifs is 4. The van der Waals surface area contributed by atoms with Crippen molar-refractivity contribution in [3.05, 3.63) is 57.6 Å². The SMILES string of the molecule is N#CN=C(Nc1ccc(Cl)c(Cl)c1)N1[C@@H]2CC[C@H]1c1ccnc(F)c1C2. The number of aliphatic imine (C=N–C) groups is 1. The third-order valence-electron chi connectivity index (χ3n) is 4.92. The normalized spacial score (nSPS) is 21.3. The van der Waals surface area contributed by atoms with Gasteiger partial charge in [0.15, 0.2) is 0 Å². The summed E-state index contributed by atoms with van der Waals surface area (Å²) >= 11 is 12.0. The van der Waals surface area contributed by atoms with E-state index in [4.69, 9.17) is 28.5 Å². The molecule has 0 unspecified atom stereocenters. The summed E-state index contributed by atoms with van der Waals surface area (Å²) in [6.07, 6.45) is 5.64. The summed E-state index contributed by atoms with van der Waals surface area (Å²) in [5.74, 6) is 0.0246. The van der Waals surface area contributed by atoms with Crippen LogP contribution in [0, 0.1) is 17.4 Å². The summed E-state index contributed by atoms with van der Waals surface area (Å²) in [7, 11) is 0. The van der Waals surface area contributed by atoms with Crippen molar-refractivity contribution in [1.82, 2.24) is 9.88 Å². The smallest absolute Gasteiger partial charge is 0.216 e. The first kappa shape index (κ1) is 17.1. The van der Waals surface area contributed by atoms with Gasteiger partial charge in [-0.2, -0.15) is 9.65 Å². The fourth-order valence-corrected chi connectivity index (χ4v) is 4.14. The highest BCUT2D eigenvalue weighted by Crippen LogP contribution is 2.44. The summed E-state index contributed by atoms with van der Waals surface area (Å²) in [6.45, 7) is 0. The Morgan fingerprint density at radius 2 is 2.15 bits per heavy atom. The topological polar surface area (TPSA) is 64.3 Å². The average molecular weight is 390 g/mol. The van der Waals surface area contributed by atoms with Gasteiger partial charge in [0.1, 0.15) is 0 Å². The Balaban J connectivity index is 1.69. The molecular formula is C18H14Cl2FN5. The number of benzene rings is 1. The molecule has 0 spiro atoms. The molecule has 2 bridgehead atoms. The Kier molecular flexibility index (Phi) is 4.43. The van der Waals surface area contributed by atoms with Gasteiger partial charge < -0.3 is 10.2 Å². The lowest BCUT2D eigenvalue weighted by Crippen LogP contribution is -2.45. The number of guanidine groups is 1. The number of pyridine rings is 1. The predicted molar refractivity (Wildman–Crippen MR) is 98.6 cm³/mol. The quantitative estimate of drug-likeness (QED) is 0.336. The molecule has 1 N–H and O–H groups in total. The number of hydrogen-bond donors (Lipinski definition) is 1. The van der Waals surface area contributed by atoms with E-state index in [-0.39, 0.29) is 12.1 Å². The number of anilines is 1. The van der Waals surface area contributed by atoms with E-state index in [0.717, 1.165) is 18.4 Å². The van der Waals surface area contributed by atoms with Crippen molar-refractivity contribution < 1.29 is 4.39 Å². The molecule has 2 aliphatic rings. The van der Waals surface area contributed by atoms with E-state index in [2.05, 4.69) is 20.2 Å². The van der Waals surface area contributed by atoms with Crippen LogP contribution in [0.25, 0.3) is 0 Å². The number of rotatable bonds is 1. The molecule has 2 aromatic rings. The molecule has 1 fully saturated rings. The number of hydrogen-bond acceptors (Lipinski definition) is 3. The molecule has 1 aromatic heterocycles. The fourth-order valence-electron chi connectivity index (χ4n) is 3.84. The molecule has 2 atom stereocenters. The van der Waals surface area contributed by atoms with Crippen LogP contribution in [0.3, 0.4) is 0 Å². The van der Waals surface area contributed by atoms with Crippen LogP contribution in [-0.4, -0.2) is 21.9 Å². The van der Waals surface area contributed by atoms with Crippen LogP contribution in [-0.2, 0) is 6.42 Å². The molecule has 2 aliphatic heterocycles. The maximum Gasteiger partial charge on any atom is 0.216 e. The van der Waals surface area contributed by atoms with Gasteiger partial charge in [0, 0.05) is 23.5 Å². The first-order valence-electron chi connectivity index (χ1n) is 8.19. The zero-order valence-electron chi connectivity index (χ0n) is 13.6. The van der Waals surface area contributed by atoms with E-state index < -0.39 is 5.95 Å². The summed E-state index contributed by atoms with van der Waals surface area (Å²) in [4.78, 5) is 9.82. The Hall–Kier alpha value is -2.36. The molecule has 5 nitrogen and oxygen atoms in total. The van der Waals surface area contributed by atoms with Gasteiger partial charge >= 0.3 is 0 Å². The predicted octanol–water partition coefficient (Wildman–Crippen LogP) is 4.54. The molecule has 132 valence electrons. The van der Waals surface area contributed by atoms with Crippen molar-refractivity contribution in [2.24, 2.45) is 4.99 Å². The third-order valence-corrected chi connectivity index (χ3v) is 5.66. The zero-order valence-corrected chi connectivity index (χ0v) is 15.1. The van der Waals surface area contributed by atoms with E-state index >= 15 is 0 Å². The molecule has 3 heterocycles. The lowest BCUT2D eigenvalue weighted by molar-refractivity contribution is 0.288. The van der Waals surface area contributed by atoms with Gasteiger partial charge in [0.05, 0.1) is 16.1 Å². The van der Waals surface area contributed by atoms with Gasteiger partial charge in [-0.1, -0.05) is 23.2 Å². The minimum absolute atomic E-state index is 0.0383. The van der Waals surface area contributed by atoms with Gasteiger partial charge in [-0.3, -0.25) is 0 Å². The molecule has 0 saturated carbocycles. The summed E-state index contributed by atoms with van der Waals surface area (Å²) < 4.78 is 14.1. The standard InChI is InChI=1S/C18H14Cl2FN5/c19-14-3-1-10(7-15(14)20)25-18(24-9-22)26-11-2-4-16(26)12-5-6-23-17(21)13(12)8-11/h1,3,5-7,11,16H,2,4,8H2,(H,24,25)/t11-,16+/m1/s1. The Labute approximate surface area is 160 Å². The molecule has 0 aliphatic carbocycles. The van der Waals surface area contributed by atoms with Crippen LogP contribution in [0.2, 0.25) is 10.0 Å². The van der Waals surface area contributed by atoms with Crippen molar-refractivity contribution in [2.75, 3.05) is 5.32 Å². The average Bonchev–Trinajstić information content (AvgIpc) is 2.93. The lowest BCUT2D eigenvalue weighted by atomic mass is 9.95. The summed E-state index contributed by atoms with van der Waals surface area (Å²) in [5, 5.41) is 13.2. The monoisotopic (exact) mass is 389 g/mol. The maximum absolute atomic E-state index is 14.1. The van der Waals surface area contributed by atoms with E-state index in [0.29, 0.717) is 33.7 Å². The zero-order chi connectivity index (χ0) is 18.3. The number of halogens is 3.